The number of piperidine rings is 1. The summed E-state index contributed by atoms with van der Waals surface area (Å²) >= 11 is 1.73. The Labute approximate surface area is 165 Å². The number of rotatable bonds is 6. The molecule has 0 amide bonds. The zero-order chi connectivity index (χ0) is 18.5. The van der Waals surface area contributed by atoms with Crippen LogP contribution in [-0.4, -0.2) is 53.4 Å². The Kier molecular flexibility index (Phi) is 6.19. The van der Waals surface area contributed by atoms with Crippen molar-refractivity contribution < 1.29 is 9.47 Å². The molecule has 4 rings (SSSR count). The van der Waals surface area contributed by atoms with E-state index in [1.807, 2.05) is 18.2 Å². The molecule has 0 N–H and O–H groups in total. The van der Waals surface area contributed by atoms with Crippen molar-refractivity contribution in [3.8, 4) is 11.4 Å². The van der Waals surface area contributed by atoms with E-state index in [9.17, 15) is 0 Å². The Morgan fingerprint density at radius 2 is 1.96 bits per heavy atom. The molecule has 1 aromatic carbocycles. The number of methoxy groups -OCH3 is 1. The number of nitrogens with zero attached hydrogens (tertiary/aromatic N) is 4. The van der Waals surface area contributed by atoms with E-state index in [1.165, 1.54) is 32.1 Å². The summed E-state index contributed by atoms with van der Waals surface area (Å²) < 4.78 is 13.7. The topological polar surface area (TPSA) is 52.4 Å². The first kappa shape index (κ1) is 18.6. The van der Waals surface area contributed by atoms with Crippen LogP contribution in [0.15, 0.2) is 29.4 Å². The van der Waals surface area contributed by atoms with Gasteiger partial charge in [0.15, 0.2) is 5.16 Å². The van der Waals surface area contributed by atoms with Crippen LogP contribution < -0.4 is 9.64 Å². The predicted molar refractivity (Wildman–Crippen MR) is 108 cm³/mol. The van der Waals surface area contributed by atoms with E-state index in [2.05, 4.69) is 25.7 Å². The number of hydrogen-bond donors (Lipinski definition) is 0. The van der Waals surface area contributed by atoms with Crippen LogP contribution in [-0.2, 0) is 4.74 Å². The number of anilines is 1. The quantitative estimate of drug-likeness (QED) is 0.699. The van der Waals surface area contributed by atoms with E-state index in [1.54, 1.807) is 18.9 Å². The van der Waals surface area contributed by atoms with Crippen molar-refractivity contribution in [2.45, 2.75) is 49.8 Å². The van der Waals surface area contributed by atoms with Gasteiger partial charge < -0.3 is 14.4 Å². The summed E-state index contributed by atoms with van der Waals surface area (Å²) in [5.41, 5.74) is 0.998. The maximum Gasteiger partial charge on any atom is 0.232 e. The monoisotopic (exact) mass is 388 g/mol. The van der Waals surface area contributed by atoms with E-state index in [0.717, 1.165) is 54.4 Å². The molecule has 6 nitrogen and oxygen atoms in total. The summed E-state index contributed by atoms with van der Waals surface area (Å²) in [7, 11) is 1.71. The van der Waals surface area contributed by atoms with Crippen molar-refractivity contribution in [3.63, 3.8) is 0 Å². The molecule has 0 aliphatic carbocycles. The van der Waals surface area contributed by atoms with Crippen LogP contribution in [0.2, 0.25) is 0 Å². The van der Waals surface area contributed by atoms with E-state index in [-0.39, 0.29) is 0 Å². The highest BCUT2D eigenvalue weighted by Gasteiger charge is 2.24. The number of para-hydroxylation sites is 2. The summed E-state index contributed by atoms with van der Waals surface area (Å²) in [5, 5.41) is 10.0. The normalized spacial score (nSPS) is 20.6. The average Bonchev–Trinajstić information content (AvgIpc) is 3.17. The van der Waals surface area contributed by atoms with Crippen LogP contribution in [0.25, 0.3) is 5.69 Å². The lowest BCUT2D eigenvalue weighted by atomic mass is 10.1. The smallest absolute Gasteiger partial charge is 0.232 e. The first-order valence-electron chi connectivity index (χ1n) is 9.95. The Morgan fingerprint density at radius 1 is 1.11 bits per heavy atom. The van der Waals surface area contributed by atoms with Crippen LogP contribution in [0, 0.1) is 0 Å². The highest BCUT2D eigenvalue weighted by atomic mass is 32.2. The largest absolute Gasteiger partial charge is 0.495 e. The summed E-state index contributed by atoms with van der Waals surface area (Å²) in [5.74, 6) is 2.67. The molecule has 2 aliphatic heterocycles. The summed E-state index contributed by atoms with van der Waals surface area (Å²) in [4.78, 5) is 2.35. The second-order valence-corrected chi connectivity index (χ2v) is 8.12. The van der Waals surface area contributed by atoms with E-state index < -0.39 is 0 Å². The van der Waals surface area contributed by atoms with Crippen molar-refractivity contribution in [1.29, 1.82) is 0 Å². The predicted octanol–water partition coefficient (Wildman–Crippen LogP) is 3.93. The molecule has 0 unspecified atom stereocenters. The van der Waals surface area contributed by atoms with Gasteiger partial charge in [0, 0.05) is 25.4 Å². The number of aromatic nitrogens is 3. The third-order valence-corrected chi connectivity index (χ3v) is 6.31. The maximum absolute atomic E-state index is 5.90. The molecule has 2 aliphatic rings. The molecule has 2 aromatic rings. The molecule has 27 heavy (non-hydrogen) atoms. The molecular weight excluding hydrogens is 360 g/mol. The van der Waals surface area contributed by atoms with Crippen molar-refractivity contribution in [3.05, 3.63) is 24.3 Å². The van der Waals surface area contributed by atoms with Crippen LogP contribution in [0.5, 0.6) is 5.75 Å². The van der Waals surface area contributed by atoms with Gasteiger partial charge in [-0.05, 0) is 50.7 Å². The molecule has 0 spiro atoms. The van der Waals surface area contributed by atoms with Gasteiger partial charge >= 0.3 is 0 Å². The van der Waals surface area contributed by atoms with Gasteiger partial charge in [0.2, 0.25) is 5.95 Å². The van der Waals surface area contributed by atoms with Gasteiger partial charge in [0.1, 0.15) is 5.75 Å². The third kappa shape index (κ3) is 4.24. The van der Waals surface area contributed by atoms with Gasteiger partial charge in [0.25, 0.3) is 0 Å². The second kappa shape index (κ2) is 8.97. The van der Waals surface area contributed by atoms with Crippen LogP contribution in [0.4, 0.5) is 5.95 Å². The summed E-state index contributed by atoms with van der Waals surface area (Å²) in [6.45, 7) is 2.94. The van der Waals surface area contributed by atoms with E-state index in [4.69, 9.17) is 9.47 Å². The summed E-state index contributed by atoms with van der Waals surface area (Å²) in [6, 6.07) is 8.11. The first-order valence-corrected chi connectivity index (χ1v) is 10.9. The highest BCUT2D eigenvalue weighted by Crippen LogP contribution is 2.33. The fourth-order valence-corrected chi connectivity index (χ4v) is 4.79. The highest BCUT2D eigenvalue weighted by molar-refractivity contribution is 7.99. The Morgan fingerprint density at radius 3 is 2.74 bits per heavy atom. The molecule has 0 bridgehead atoms. The van der Waals surface area contributed by atoms with Crippen molar-refractivity contribution in [2.24, 2.45) is 0 Å². The van der Waals surface area contributed by atoms with Crippen LogP contribution >= 0.6 is 11.8 Å². The fraction of sp³-hybridized carbons (Fsp3) is 0.600. The first-order chi connectivity index (χ1) is 13.4. The minimum atomic E-state index is 0.310. The van der Waals surface area contributed by atoms with Crippen LogP contribution in [0.1, 0.15) is 38.5 Å². The molecule has 0 saturated carbocycles. The van der Waals surface area contributed by atoms with Crippen molar-refractivity contribution in [2.75, 3.05) is 37.5 Å². The Hall–Kier alpha value is -1.73. The van der Waals surface area contributed by atoms with Gasteiger partial charge in [-0.15, -0.1) is 10.2 Å². The number of benzene rings is 1. The number of thioether (sulfide) groups is 1. The van der Waals surface area contributed by atoms with E-state index >= 15 is 0 Å². The molecule has 0 radical (unpaired) electrons. The third-order valence-electron chi connectivity index (χ3n) is 5.25. The number of hydrogen-bond acceptors (Lipinski definition) is 6. The molecule has 2 saturated heterocycles. The average molecular weight is 389 g/mol. The summed E-state index contributed by atoms with van der Waals surface area (Å²) in [6.07, 6.45) is 7.58. The second-order valence-electron chi connectivity index (χ2n) is 7.14. The van der Waals surface area contributed by atoms with E-state index in [0.29, 0.717) is 6.10 Å². The zero-order valence-electron chi connectivity index (χ0n) is 16.0. The molecule has 1 aromatic heterocycles. The van der Waals surface area contributed by atoms with Crippen LogP contribution in [0.3, 0.4) is 0 Å². The fourth-order valence-electron chi connectivity index (χ4n) is 3.79. The Balaban J connectivity index is 1.64. The SMILES string of the molecule is COc1ccccc1-n1c(SC[C@H]2CCCCO2)nnc1N1CCCCC1. The lowest BCUT2D eigenvalue weighted by Gasteiger charge is -2.28. The minimum absolute atomic E-state index is 0.310. The van der Waals surface area contributed by atoms with Gasteiger partial charge in [-0.3, -0.25) is 4.57 Å². The molecule has 3 heterocycles. The molecule has 146 valence electrons. The van der Waals surface area contributed by atoms with Crippen molar-refractivity contribution >= 4 is 17.7 Å². The maximum atomic E-state index is 5.90. The molecule has 7 heteroatoms. The minimum Gasteiger partial charge on any atom is -0.495 e. The van der Waals surface area contributed by atoms with Gasteiger partial charge in [-0.2, -0.15) is 0 Å². The number of ether oxygens (including phenoxy) is 2. The van der Waals surface area contributed by atoms with Gasteiger partial charge in [0.05, 0.1) is 18.9 Å². The van der Waals surface area contributed by atoms with Gasteiger partial charge in [-0.1, -0.05) is 23.9 Å². The lowest BCUT2D eigenvalue weighted by molar-refractivity contribution is 0.0315. The lowest BCUT2D eigenvalue weighted by Crippen LogP contribution is -2.31. The zero-order valence-corrected chi connectivity index (χ0v) is 16.8. The van der Waals surface area contributed by atoms with Crippen molar-refractivity contribution in [1.82, 2.24) is 14.8 Å². The van der Waals surface area contributed by atoms with Gasteiger partial charge in [-0.25, -0.2) is 0 Å². The molecule has 2 fully saturated rings. The standard InChI is InChI=1S/C20H28N4O2S/c1-25-18-11-4-3-10-17(18)24-19(23-12-6-2-7-13-23)21-22-20(24)27-15-16-9-5-8-14-26-16/h3-4,10-11,16H,2,5-9,12-15H2,1H3/t16-/m1/s1. The molecule has 1 atom stereocenters. The molecular formula is C20H28N4O2S. The Bertz CT molecular complexity index is 739.